The first kappa shape index (κ1) is 16.0. The van der Waals surface area contributed by atoms with Crippen molar-refractivity contribution in [2.24, 2.45) is 0 Å². The molecule has 0 fully saturated rings. The summed E-state index contributed by atoms with van der Waals surface area (Å²) in [5, 5.41) is 4.63. The molecular formula is C17H24N2OS. The van der Waals surface area contributed by atoms with Gasteiger partial charge < -0.3 is 10.1 Å². The molecule has 3 nitrogen and oxygen atoms in total. The number of ether oxygens (including phenoxy) is 1. The molecule has 114 valence electrons. The maximum absolute atomic E-state index is 5.48. The monoisotopic (exact) mass is 304 g/mol. The van der Waals surface area contributed by atoms with Crippen LogP contribution in [0.15, 0.2) is 24.3 Å². The van der Waals surface area contributed by atoms with E-state index in [4.69, 9.17) is 9.72 Å². The number of aryl methyl sites for hydroxylation is 1. The maximum Gasteiger partial charge on any atom is 0.119 e. The highest BCUT2D eigenvalue weighted by molar-refractivity contribution is 7.12. The Bertz CT molecular complexity index is 548. The Hall–Kier alpha value is -1.39. The molecule has 1 heterocycles. The summed E-state index contributed by atoms with van der Waals surface area (Å²) in [6, 6.07) is 8.21. The molecule has 1 aromatic heterocycles. The predicted octanol–water partition coefficient (Wildman–Crippen LogP) is 4.06. The second-order valence-electron chi connectivity index (χ2n) is 4.97. The molecule has 4 heteroatoms. The average Bonchev–Trinajstić information content (AvgIpc) is 2.86. The minimum absolute atomic E-state index is 0.698. The SMILES string of the molecule is CCCNCCc1nc(-c2ccc(OCC)cc2)c(C)s1. The lowest BCUT2D eigenvalue weighted by Gasteiger charge is -2.04. The zero-order chi connectivity index (χ0) is 15.1. The molecule has 1 aromatic carbocycles. The van der Waals surface area contributed by atoms with Gasteiger partial charge in [0.1, 0.15) is 5.75 Å². The lowest BCUT2D eigenvalue weighted by molar-refractivity contribution is 0.340. The van der Waals surface area contributed by atoms with Gasteiger partial charge in [-0.05, 0) is 51.1 Å². The smallest absolute Gasteiger partial charge is 0.119 e. The van der Waals surface area contributed by atoms with Crippen molar-refractivity contribution in [3.63, 3.8) is 0 Å². The summed E-state index contributed by atoms with van der Waals surface area (Å²) in [6.07, 6.45) is 2.18. The predicted molar refractivity (Wildman–Crippen MR) is 90.3 cm³/mol. The zero-order valence-corrected chi connectivity index (χ0v) is 13.9. The van der Waals surface area contributed by atoms with E-state index in [0.717, 1.165) is 31.0 Å². The summed E-state index contributed by atoms with van der Waals surface area (Å²) < 4.78 is 5.48. The van der Waals surface area contributed by atoms with Crippen LogP contribution in [0.4, 0.5) is 0 Å². The molecule has 0 spiro atoms. The van der Waals surface area contributed by atoms with E-state index in [-0.39, 0.29) is 0 Å². The van der Waals surface area contributed by atoms with Gasteiger partial charge in [-0.2, -0.15) is 0 Å². The lowest BCUT2D eigenvalue weighted by atomic mass is 10.1. The number of benzene rings is 1. The van der Waals surface area contributed by atoms with Crippen molar-refractivity contribution in [1.82, 2.24) is 10.3 Å². The fraction of sp³-hybridized carbons (Fsp3) is 0.471. The van der Waals surface area contributed by atoms with Gasteiger partial charge in [-0.15, -0.1) is 11.3 Å². The van der Waals surface area contributed by atoms with Gasteiger partial charge in [0.2, 0.25) is 0 Å². The van der Waals surface area contributed by atoms with Gasteiger partial charge in [-0.3, -0.25) is 0 Å². The third kappa shape index (κ3) is 4.55. The fourth-order valence-electron chi connectivity index (χ4n) is 2.20. The van der Waals surface area contributed by atoms with Gasteiger partial charge in [-0.25, -0.2) is 4.98 Å². The summed E-state index contributed by atoms with van der Waals surface area (Å²) in [5.74, 6) is 0.915. The Morgan fingerprint density at radius 3 is 2.57 bits per heavy atom. The Morgan fingerprint density at radius 1 is 1.14 bits per heavy atom. The molecule has 0 amide bonds. The normalized spacial score (nSPS) is 10.8. The first-order chi connectivity index (χ1) is 10.2. The van der Waals surface area contributed by atoms with Crippen LogP contribution in [0.2, 0.25) is 0 Å². The number of nitrogens with zero attached hydrogens (tertiary/aromatic N) is 1. The molecule has 0 saturated carbocycles. The molecule has 0 aliphatic rings. The highest BCUT2D eigenvalue weighted by Gasteiger charge is 2.09. The average molecular weight is 304 g/mol. The van der Waals surface area contributed by atoms with E-state index in [9.17, 15) is 0 Å². The summed E-state index contributed by atoms with van der Waals surface area (Å²) in [6.45, 7) is 9.11. The number of thiazole rings is 1. The van der Waals surface area contributed by atoms with Crippen LogP contribution >= 0.6 is 11.3 Å². The molecule has 0 unspecified atom stereocenters. The van der Waals surface area contributed by atoms with Crippen molar-refractivity contribution < 1.29 is 4.74 Å². The Labute approximate surface area is 131 Å². The number of nitrogens with one attached hydrogen (secondary N) is 1. The van der Waals surface area contributed by atoms with Crippen LogP contribution in [-0.4, -0.2) is 24.7 Å². The van der Waals surface area contributed by atoms with Gasteiger partial charge >= 0.3 is 0 Å². The molecule has 0 atom stereocenters. The van der Waals surface area contributed by atoms with Crippen LogP contribution in [0.1, 0.15) is 30.2 Å². The van der Waals surface area contributed by atoms with E-state index < -0.39 is 0 Å². The standard InChI is InChI=1S/C17H24N2OS/c1-4-11-18-12-10-16-19-17(13(3)21-16)14-6-8-15(9-7-14)20-5-2/h6-9,18H,4-5,10-12H2,1-3H3. The third-order valence-corrected chi connectivity index (χ3v) is 4.25. The molecule has 2 aromatic rings. The van der Waals surface area contributed by atoms with E-state index in [1.807, 2.05) is 19.1 Å². The molecule has 2 rings (SSSR count). The topological polar surface area (TPSA) is 34.2 Å². The van der Waals surface area contributed by atoms with E-state index in [0.29, 0.717) is 6.61 Å². The van der Waals surface area contributed by atoms with Crippen LogP contribution in [0.3, 0.4) is 0 Å². The van der Waals surface area contributed by atoms with Crippen molar-refractivity contribution in [3.05, 3.63) is 34.2 Å². The summed E-state index contributed by atoms with van der Waals surface area (Å²) >= 11 is 1.80. The molecule has 0 aliphatic carbocycles. The van der Waals surface area contributed by atoms with Crippen LogP contribution in [0.5, 0.6) is 5.75 Å². The minimum atomic E-state index is 0.698. The summed E-state index contributed by atoms with van der Waals surface area (Å²) in [4.78, 5) is 6.07. The minimum Gasteiger partial charge on any atom is -0.494 e. The second-order valence-corrected chi connectivity index (χ2v) is 6.26. The molecule has 1 N–H and O–H groups in total. The van der Waals surface area contributed by atoms with Gasteiger partial charge in [0.05, 0.1) is 17.3 Å². The van der Waals surface area contributed by atoms with Crippen LogP contribution in [0, 0.1) is 6.92 Å². The summed E-state index contributed by atoms with van der Waals surface area (Å²) in [5.41, 5.74) is 2.27. The molecule has 0 aliphatic heterocycles. The second kappa shape index (κ2) is 8.15. The van der Waals surface area contributed by atoms with Gasteiger partial charge in [0.25, 0.3) is 0 Å². The van der Waals surface area contributed by atoms with Crippen LogP contribution < -0.4 is 10.1 Å². The van der Waals surface area contributed by atoms with E-state index >= 15 is 0 Å². The van der Waals surface area contributed by atoms with E-state index in [1.165, 1.54) is 21.9 Å². The molecule has 0 radical (unpaired) electrons. The number of hydrogen-bond acceptors (Lipinski definition) is 4. The Balaban J connectivity index is 2.04. The largest absolute Gasteiger partial charge is 0.494 e. The number of aromatic nitrogens is 1. The van der Waals surface area contributed by atoms with Crippen molar-refractivity contribution in [2.45, 2.75) is 33.6 Å². The summed E-state index contributed by atoms with van der Waals surface area (Å²) in [7, 11) is 0. The number of hydrogen-bond donors (Lipinski definition) is 1. The van der Waals surface area contributed by atoms with Crippen molar-refractivity contribution >= 4 is 11.3 Å². The van der Waals surface area contributed by atoms with Crippen molar-refractivity contribution in [3.8, 4) is 17.0 Å². The molecule has 0 bridgehead atoms. The van der Waals surface area contributed by atoms with E-state index in [1.54, 1.807) is 11.3 Å². The van der Waals surface area contributed by atoms with Crippen LogP contribution in [0.25, 0.3) is 11.3 Å². The van der Waals surface area contributed by atoms with E-state index in [2.05, 4.69) is 31.3 Å². The highest BCUT2D eigenvalue weighted by Crippen LogP contribution is 2.29. The van der Waals surface area contributed by atoms with Crippen LogP contribution in [-0.2, 0) is 6.42 Å². The molecule has 0 saturated heterocycles. The Morgan fingerprint density at radius 2 is 1.90 bits per heavy atom. The maximum atomic E-state index is 5.48. The fourth-order valence-corrected chi connectivity index (χ4v) is 3.15. The Kier molecular flexibility index (Phi) is 6.21. The van der Waals surface area contributed by atoms with Gasteiger partial charge in [-0.1, -0.05) is 6.92 Å². The quantitative estimate of drug-likeness (QED) is 0.747. The van der Waals surface area contributed by atoms with Crippen molar-refractivity contribution in [1.29, 1.82) is 0 Å². The zero-order valence-electron chi connectivity index (χ0n) is 13.1. The molecule has 21 heavy (non-hydrogen) atoms. The third-order valence-electron chi connectivity index (χ3n) is 3.22. The highest BCUT2D eigenvalue weighted by atomic mass is 32.1. The first-order valence-electron chi connectivity index (χ1n) is 7.64. The molecular weight excluding hydrogens is 280 g/mol. The number of rotatable bonds is 8. The lowest BCUT2D eigenvalue weighted by Crippen LogP contribution is -2.17. The van der Waals surface area contributed by atoms with Crippen molar-refractivity contribution in [2.75, 3.05) is 19.7 Å². The van der Waals surface area contributed by atoms with Gasteiger partial charge in [0, 0.05) is 23.4 Å². The first-order valence-corrected chi connectivity index (χ1v) is 8.46. The van der Waals surface area contributed by atoms with Gasteiger partial charge in [0.15, 0.2) is 0 Å².